The molecule has 0 spiro atoms. The van der Waals surface area contributed by atoms with Crippen LogP contribution in [0.1, 0.15) is 34.6 Å². The van der Waals surface area contributed by atoms with Crippen molar-refractivity contribution in [1.29, 1.82) is 0 Å². The van der Waals surface area contributed by atoms with Gasteiger partial charge in [0.1, 0.15) is 6.23 Å². The normalized spacial score (nSPS) is 18.0. The molecule has 3 nitrogen and oxygen atoms in total. The summed E-state index contributed by atoms with van der Waals surface area (Å²) in [7, 11) is 0. The lowest BCUT2D eigenvalue weighted by molar-refractivity contribution is -0.0712. The van der Waals surface area contributed by atoms with Crippen molar-refractivity contribution in [2.45, 2.75) is 52.5 Å². The molecule has 0 radical (unpaired) electrons. The molecule has 0 heterocycles. The van der Waals surface area contributed by atoms with E-state index in [1.54, 1.807) is 13.8 Å². The van der Waals surface area contributed by atoms with Crippen LogP contribution < -0.4 is 5.32 Å². The van der Waals surface area contributed by atoms with E-state index in [2.05, 4.69) is 19.2 Å². The fraction of sp³-hybridized carbons (Fsp3) is 1.00. The van der Waals surface area contributed by atoms with E-state index in [-0.39, 0.29) is 6.04 Å². The van der Waals surface area contributed by atoms with Gasteiger partial charge in [-0.1, -0.05) is 13.8 Å². The number of hydrogen-bond donors (Lipinski definition) is 3. The van der Waals surface area contributed by atoms with Gasteiger partial charge in [0.25, 0.3) is 0 Å². The summed E-state index contributed by atoms with van der Waals surface area (Å²) in [5.74, 6) is 0.446. The molecule has 0 saturated heterocycles. The van der Waals surface area contributed by atoms with Gasteiger partial charge in [-0.15, -0.1) is 0 Å². The average Bonchev–Trinajstić information content (AvgIpc) is 1.85. The van der Waals surface area contributed by atoms with E-state index in [1.807, 2.05) is 6.92 Å². The molecule has 0 amide bonds. The van der Waals surface area contributed by atoms with Crippen LogP contribution in [-0.4, -0.2) is 28.1 Å². The van der Waals surface area contributed by atoms with Crippen LogP contribution in [-0.2, 0) is 0 Å². The largest absolute Gasteiger partial charge is 0.386 e. The van der Waals surface area contributed by atoms with Crippen molar-refractivity contribution in [2.24, 2.45) is 5.92 Å². The van der Waals surface area contributed by atoms with Crippen molar-refractivity contribution in [3.63, 3.8) is 0 Å². The van der Waals surface area contributed by atoms with Crippen LogP contribution in [0.5, 0.6) is 0 Å². The predicted molar refractivity (Wildman–Crippen MR) is 49.7 cm³/mol. The first-order valence-corrected chi connectivity index (χ1v) is 4.41. The van der Waals surface area contributed by atoms with E-state index >= 15 is 0 Å². The second-order valence-corrected chi connectivity index (χ2v) is 4.26. The maximum atomic E-state index is 9.44. The van der Waals surface area contributed by atoms with Crippen LogP contribution >= 0.6 is 0 Å². The van der Waals surface area contributed by atoms with E-state index in [4.69, 9.17) is 0 Å². The molecule has 0 bridgehead atoms. The summed E-state index contributed by atoms with van der Waals surface area (Å²) in [6.45, 7) is 9.28. The van der Waals surface area contributed by atoms with Gasteiger partial charge in [0, 0.05) is 6.04 Å². The van der Waals surface area contributed by atoms with Gasteiger partial charge in [-0.05, 0) is 26.7 Å². The summed E-state index contributed by atoms with van der Waals surface area (Å²) in [5, 5.41) is 21.8. The van der Waals surface area contributed by atoms with Gasteiger partial charge in [0.15, 0.2) is 0 Å². The Bertz CT molecular complexity index is 129. The highest BCUT2D eigenvalue weighted by atomic mass is 16.4. The Balaban J connectivity index is 3.93. The van der Waals surface area contributed by atoms with E-state index in [0.717, 1.165) is 0 Å². The third-order valence-electron chi connectivity index (χ3n) is 2.09. The van der Waals surface area contributed by atoms with Gasteiger partial charge in [-0.3, -0.25) is 5.32 Å². The molecule has 0 fully saturated rings. The SMILES string of the molecule is CC(C)[C@@H](C)NC(O)C(C)(C)O. The Labute approximate surface area is 74.8 Å². The summed E-state index contributed by atoms with van der Waals surface area (Å²) in [6, 6.07) is 0.200. The lowest BCUT2D eigenvalue weighted by Crippen LogP contribution is -2.51. The molecule has 1 unspecified atom stereocenters. The van der Waals surface area contributed by atoms with Crippen molar-refractivity contribution in [1.82, 2.24) is 5.32 Å². The first-order chi connectivity index (χ1) is 5.25. The van der Waals surface area contributed by atoms with E-state index in [0.29, 0.717) is 5.92 Å². The summed E-state index contributed by atoms with van der Waals surface area (Å²) in [6.07, 6.45) is -0.866. The minimum absolute atomic E-state index is 0.200. The lowest BCUT2D eigenvalue weighted by atomic mass is 10.0. The summed E-state index contributed by atoms with van der Waals surface area (Å²) in [4.78, 5) is 0. The van der Waals surface area contributed by atoms with Gasteiger partial charge in [0.2, 0.25) is 0 Å². The molecule has 0 aromatic rings. The fourth-order valence-corrected chi connectivity index (χ4v) is 0.645. The molecule has 0 saturated carbocycles. The Morgan fingerprint density at radius 2 is 1.58 bits per heavy atom. The maximum Gasteiger partial charge on any atom is 0.133 e. The molecule has 12 heavy (non-hydrogen) atoms. The third-order valence-corrected chi connectivity index (χ3v) is 2.09. The lowest BCUT2D eigenvalue weighted by Gasteiger charge is -2.29. The summed E-state index contributed by atoms with van der Waals surface area (Å²) < 4.78 is 0. The Morgan fingerprint density at radius 1 is 1.17 bits per heavy atom. The molecule has 3 heteroatoms. The van der Waals surface area contributed by atoms with Gasteiger partial charge < -0.3 is 10.2 Å². The van der Waals surface area contributed by atoms with Crippen molar-refractivity contribution in [3.05, 3.63) is 0 Å². The molecule has 0 aliphatic carbocycles. The topological polar surface area (TPSA) is 52.5 Å². The second-order valence-electron chi connectivity index (χ2n) is 4.26. The van der Waals surface area contributed by atoms with Gasteiger partial charge >= 0.3 is 0 Å². The molecule has 0 aromatic carbocycles. The number of aliphatic hydroxyl groups is 2. The van der Waals surface area contributed by atoms with Crippen LogP contribution in [0.2, 0.25) is 0 Å². The number of hydrogen-bond acceptors (Lipinski definition) is 3. The molecule has 0 aromatic heterocycles. The zero-order chi connectivity index (χ0) is 9.94. The van der Waals surface area contributed by atoms with E-state index in [1.165, 1.54) is 0 Å². The number of aliphatic hydroxyl groups excluding tert-OH is 1. The van der Waals surface area contributed by atoms with Crippen LogP contribution in [0.3, 0.4) is 0 Å². The first-order valence-electron chi connectivity index (χ1n) is 4.41. The standard InChI is InChI=1S/C9H21NO2/c1-6(2)7(3)10-8(11)9(4,5)12/h6-8,10-12H,1-5H3/t7-,8?/m1/s1. The molecule has 0 aliphatic rings. The van der Waals surface area contributed by atoms with Crippen LogP contribution in [0.25, 0.3) is 0 Å². The quantitative estimate of drug-likeness (QED) is 0.552. The highest BCUT2D eigenvalue weighted by Crippen LogP contribution is 2.08. The predicted octanol–water partition coefficient (Wildman–Crippen LogP) is 0.710. The molecular weight excluding hydrogens is 154 g/mol. The minimum Gasteiger partial charge on any atom is -0.386 e. The third kappa shape index (κ3) is 4.04. The molecule has 3 N–H and O–H groups in total. The van der Waals surface area contributed by atoms with Crippen molar-refractivity contribution < 1.29 is 10.2 Å². The van der Waals surface area contributed by atoms with E-state index < -0.39 is 11.8 Å². The average molecular weight is 175 g/mol. The molecule has 0 aliphatic heterocycles. The molecule has 74 valence electrons. The number of rotatable bonds is 4. The fourth-order valence-electron chi connectivity index (χ4n) is 0.645. The van der Waals surface area contributed by atoms with Crippen LogP contribution in [0.4, 0.5) is 0 Å². The maximum absolute atomic E-state index is 9.44. The number of nitrogens with one attached hydrogen (secondary N) is 1. The summed E-state index contributed by atoms with van der Waals surface area (Å²) >= 11 is 0. The van der Waals surface area contributed by atoms with Crippen molar-refractivity contribution >= 4 is 0 Å². The first kappa shape index (κ1) is 11.9. The molecule has 0 rings (SSSR count). The highest BCUT2D eigenvalue weighted by Gasteiger charge is 2.25. The zero-order valence-corrected chi connectivity index (χ0v) is 8.63. The van der Waals surface area contributed by atoms with Crippen LogP contribution in [0, 0.1) is 5.92 Å². The van der Waals surface area contributed by atoms with Gasteiger partial charge in [0.05, 0.1) is 5.60 Å². The van der Waals surface area contributed by atoms with Gasteiger partial charge in [-0.25, -0.2) is 0 Å². The monoisotopic (exact) mass is 175 g/mol. The van der Waals surface area contributed by atoms with Gasteiger partial charge in [-0.2, -0.15) is 0 Å². The minimum atomic E-state index is -1.08. The Hall–Kier alpha value is -0.120. The second kappa shape index (κ2) is 4.21. The molecule has 2 atom stereocenters. The van der Waals surface area contributed by atoms with Crippen molar-refractivity contribution in [3.8, 4) is 0 Å². The van der Waals surface area contributed by atoms with Crippen molar-refractivity contribution in [2.75, 3.05) is 0 Å². The highest BCUT2D eigenvalue weighted by molar-refractivity contribution is 4.77. The smallest absolute Gasteiger partial charge is 0.133 e. The van der Waals surface area contributed by atoms with Crippen LogP contribution in [0.15, 0.2) is 0 Å². The Kier molecular flexibility index (Phi) is 4.17. The Morgan fingerprint density at radius 3 is 1.83 bits per heavy atom. The molecular formula is C9H21NO2. The zero-order valence-electron chi connectivity index (χ0n) is 8.63. The summed E-state index contributed by atoms with van der Waals surface area (Å²) in [5.41, 5.74) is -1.08. The van der Waals surface area contributed by atoms with E-state index in [9.17, 15) is 10.2 Å².